The fourth-order valence-corrected chi connectivity index (χ4v) is 3.95. The van der Waals surface area contributed by atoms with Crippen molar-refractivity contribution in [3.63, 3.8) is 0 Å². The third kappa shape index (κ3) is 4.20. The molecule has 0 fully saturated rings. The van der Waals surface area contributed by atoms with Gasteiger partial charge in [0.05, 0.1) is 5.75 Å². The number of aryl methyl sites for hydroxylation is 1. The van der Waals surface area contributed by atoms with Crippen molar-refractivity contribution in [1.29, 1.82) is 0 Å². The minimum Gasteiger partial charge on any atom is -0.362 e. The fourth-order valence-electron chi connectivity index (χ4n) is 3.10. The Bertz CT molecular complexity index is 1060. The molecule has 3 rings (SSSR count). The number of thioether (sulfide) groups is 1. The number of halogens is 6. The quantitative estimate of drug-likeness (QED) is 0.516. The van der Waals surface area contributed by atoms with Crippen LogP contribution in [0, 0.1) is 0 Å². The van der Waals surface area contributed by atoms with Gasteiger partial charge in [-0.3, -0.25) is 9.48 Å². The summed E-state index contributed by atoms with van der Waals surface area (Å²) >= 11 is 0.705. The zero-order valence-corrected chi connectivity index (χ0v) is 17.7. The number of aliphatic hydroxyl groups is 1. The van der Waals surface area contributed by atoms with Gasteiger partial charge in [-0.2, -0.15) is 41.6 Å². The van der Waals surface area contributed by atoms with E-state index in [4.69, 9.17) is 0 Å². The third-order valence-corrected chi connectivity index (χ3v) is 5.52. The Morgan fingerprint density at radius 1 is 1.25 bits per heavy atom. The van der Waals surface area contributed by atoms with Crippen LogP contribution in [-0.4, -0.2) is 63.9 Å². The first-order valence-electron chi connectivity index (χ1n) is 9.03. The van der Waals surface area contributed by atoms with Gasteiger partial charge in [0.15, 0.2) is 11.0 Å². The van der Waals surface area contributed by atoms with Gasteiger partial charge >= 0.3 is 12.4 Å². The Hall–Kier alpha value is -2.62. The number of amides is 1. The zero-order valence-electron chi connectivity index (χ0n) is 16.9. The van der Waals surface area contributed by atoms with E-state index in [0.717, 1.165) is 13.1 Å². The van der Waals surface area contributed by atoms with Gasteiger partial charge in [-0.25, -0.2) is 0 Å². The van der Waals surface area contributed by atoms with E-state index in [9.17, 15) is 36.2 Å². The summed E-state index contributed by atoms with van der Waals surface area (Å²) in [6.07, 6.45) is -10.6. The van der Waals surface area contributed by atoms with Crippen molar-refractivity contribution in [3.05, 3.63) is 11.8 Å². The van der Waals surface area contributed by atoms with Crippen LogP contribution in [-0.2, 0) is 24.6 Å². The van der Waals surface area contributed by atoms with Crippen molar-refractivity contribution >= 4 is 23.4 Å². The van der Waals surface area contributed by atoms with E-state index in [1.54, 1.807) is 6.92 Å². The molecule has 0 aliphatic carbocycles. The second-order valence-corrected chi connectivity index (χ2v) is 7.85. The number of carbonyl (C=O) groups excluding carboxylic acids is 1. The maximum Gasteiger partial charge on any atom is 0.438 e. The number of hydrogen-bond acceptors (Lipinski definition) is 7. The summed E-state index contributed by atoms with van der Waals surface area (Å²) in [5.41, 5.74) is -4.63. The van der Waals surface area contributed by atoms with E-state index in [1.807, 2.05) is 0 Å². The highest BCUT2D eigenvalue weighted by Crippen LogP contribution is 2.40. The minimum absolute atomic E-state index is 0.00272. The molecule has 2 aromatic rings. The Labute approximate surface area is 181 Å². The average molecular weight is 485 g/mol. The van der Waals surface area contributed by atoms with Gasteiger partial charge < -0.3 is 9.67 Å². The fraction of sp³-hybridized carbons (Fsp3) is 0.562. The summed E-state index contributed by atoms with van der Waals surface area (Å²) in [6, 6.07) is 0.793. The summed E-state index contributed by atoms with van der Waals surface area (Å²) in [7, 11) is 1.12. The molecule has 0 bridgehead atoms. The zero-order chi connectivity index (χ0) is 24.1. The van der Waals surface area contributed by atoms with Gasteiger partial charge in [-0.1, -0.05) is 11.8 Å². The lowest BCUT2D eigenvalue weighted by Crippen LogP contribution is -2.57. The first kappa shape index (κ1) is 24.0. The van der Waals surface area contributed by atoms with Crippen molar-refractivity contribution in [1.82, 2.24) is 29.6 Å². The van der Waals surface area contributed by atoms with Gasteiger partial charge in [0.25, 0.3) is 11.6 Å². The summed E-state index contributed by atoms with van der Waals surface area (Å²) < 4.78 is 81.0. The maximum atomic E-state index is 13.3. The monoisotopic (exact) mass is 485 g/mol. The summed E-state index contributed by atoms with van der Waals surface area (Å²) in [5, 5.41) is 25.0. The second kappa shape index (κ2) is 8.06. The van der Waals surface area contributed by atoms with Crippen LogP contribution in [0.2, 0.25) is 0 Å². The van der Waals surface area contributed by atoms with Crippen LogP contribution in [0.3, 0.4) is 0 Å². The van der Waals surface area contributed by atoms with Crippen LogP contribution in [0.4, 0.5) is 26.3 Å². The number of nitrogens with zero attached hydrogens (tertiary/aromatic N) is 7. The summed E-state index contributed by atoms with van der Waals surface area (Å²) in [5.74, 6) is -1.71. The van der Waals surface area contributed by atoms with Crippen LogP contribution < -0.4 is 0 Å². The molecule has 9 nitrogen and oxygen atoms in total. The SMILES string of the molecule is CCn1c(SCC(=O)N2N=C(C)CC2(O)C(F)(F)F)nnc1-c1cc(C(F)(F)F)n(C)n1. The number of alkyl halides is 6. The van der Waals surface area contributed by atoms with Gasteiger partial charge in [0.2, 0.25) is 0 Å². The Balaban J connectivity index is 1.82. The van der Waals surface area contributed by atoms with Crippen molar-refractivity contribution in [3.8, 4) is 11.5 Å². The van der Waals surface area contributed by atoms with Crippen molar-refractivity contribution in [2.45, 2.75) is 50.0 Å². The number of carbonyl (C=O) groups is 1. The molecule has 1 aliphatic rings. The molecule has 16 heteroatoms. The molecule has 176 valence electrons. The molecule has 1 atom stereocenters. The highest BCUT2D eigenvalue weighted by molar-refractivity contribution is 7.99. The van der Waals surface area contributed by atoms with Crippen molar-refractivity contribution in [2.24, 2.45) is 12.1 Å². The molecule has 32 heavy (non-hydrogen) atoms. The second-order valence-electron chi connectivity index (χ2n) is 6.91. The predicted molar refractivity (Wildman–Crippen MR) is 99.2 cm³/mol. The number of hydrazone groups is 1. The van der Waals surface area contributed by atoms with Crippen LogP contribution in [0.5, 0.6) is 0 Å². The van der Waals surface area contributed by atoms with Crippen LogP contribution in [0.1, 0.15) is 26.0 Å². The first-order valence-corrected chi connectivity index (χ1v) is 10.0. The normalized spacial score (nSPS) is 19.6. The van der Waals surface area contributed by atoms with Gasteiger partial charge in [0, 0.05) is 25.7 Å². The Kier molecular flexibility index (Phi) is 6.05. The topological polar surface area (TPSA) is 101 Å². The van der Waals surface area contributed by atoms with E-state index in [2.05, 4.69) is 20.4 Å². The van der Waals surface area contributed by atoms with Gasteiger partial charge in [0.1, 0.15) is 11.4 Å². The van der Waals surface area contributed by atoms with E-state index in [1.165, 1.54) is 11.5 Å². The summed E-state index contributed by atoms with van der Waals surface area (Å²) in [6.45, 7) is 3.08. The van der Waals surface area contributed by atoms with E-state index < -0.39 is 41.9 Å². The highest BCUT2D eigenvalue weighted by Gasteiger charge is 2.62. The van der Waals surface area contributed by atoms with Crippen LogP contribution >= 0.6 is 11.8 Å². The molecular weight excluding hydrogens is 468 g/mol. The highest BCUT2D eigenvalue weighted by atomic mass is 32.2. The van der Waals surface area contributed by atoms with Crippen molar-refractivity contribution < 1.29 is 36.2 Å². The number of rotatable bonds is 5. The summed E-state index contributed by atoms with van der Waals surface area (Å²) in [4.78, 5) is 12.4. The lowest BCUT2D eigenvalue weighted by Gasteiger charge is -2.32. The lowest BCUT2D eigenvalue weighted by atomic mass is 10.1. The largest absolute Gasteiger partial charge is 0.438 e. The smallest absolute Gasteiger partial charge is 0.362 e. The molecule has 1 amide bonds. The Morgan fingerprint density at radius 3 is 2.44 bits per heavy atom. The minimum atomic E-state index is -5.12. The molecule has 1 unspecified atom stereocenters. The lowest BCUT2D eigenvalue weighted by molar-refractivity contribution is -0.301. The first-order chi connectivity index (χ1) is 14.7. The van der Waals surface area contributed by atoms with Gasteiger partial charge in [-0.15, -0.1) is 10.2 Å². The van der Waals surface area contributed by atoms with Crippen molar-refractivity contribution in [2.75, 3.05) is 5.75 Å². The molecule has 1 aliphatic heterocycles. The standard InChI is InChI=1S/C16H17F6N7O2S/c1-4-28-12(9-5-10(15(17,18)19)27(3)26-9)23-24-13(28)32-7-11(30)29-14(31,16(20,21)22)6-8(2)25-29/h5,31H,4,6-7H2,1-3H3. The van der Waals surface area contributed by atoms with Gasteiger partial charge in [-0.05, 0) is 19.9 Å². The molecule has 3 heterocycles. The molecular formula is C16H17F6N7O2S. The average Bonchev–Trinajstić information content (AvgIpc) is 3.33. The van der Waals surface area contributed by atoms with Crippen LogP contribution in [0.15, 0.2) is 16.3 Å². The molecule has 0 aromatic carbocycles. The molecule has 0 saturated carbocycles. The molecule has 0 spiro atoms. The predicted octanol–water partition coefficient (Wildman–Crippen LogP) is 2.67. The molecule has 0 saturated heterocycles. The number of hydrogen-bond donors (Lipinski definition) is 1. The molecule has 0 radical (unpaired) electrons. The molecule has 1 N–H and O–H groups in total. The van der Waals surface area contributed by atoms with E-state index in [0.29, 0.717) is 16.4 Å². The maximum absolute atomic E-state index is 13.3. The van der Waals surface area contributed by atoms with E-state index >= 15 is 0 Å². The molecule has 2 aromatic heterocycles. The van der Waals surface area contributed by atoms with Crippen LogP contribution in [0.25, 0.3) is 11.5 Å². The Morgan fingerprint density at radius 2 is 1.91 bits per heavy atom. The van der Waals surface area contributed by atoms with E-state index in [-0.39, 0.29) is 33.9 Å². The number of aromatic nitrogens is 5. The third-order valence-electron chi connectivity index (χ3n) is 4.57.